The number of piperazine rings is 1. The molecule has 0 radical (unpaired) electrons. The fourth-order valence-electron chi connectivity index (χ4n) is 9.96. The normalized spacial score (nSPS) is 20.0. The Balaban J connectivity index is 0.606. The number of para-hydroxylation sites is 1. The third-order valence-corrected chi connectivity index (χ3v) is 13.6. The van der Waals surface area contributed by atoms with Gasteiger partial charge in [-0.1, -0.05) is 36.4 Å². The van der Waals surface area contributed by atoms with E-state index < -0.39 is 17.9 Å². The summed E-state index contributed by atoms with van der Waals surface area (Å²) in [7, 11) is 0. The molecule has 4 amide bonds. The van der Waals surface area contributed by atoms with Crippen LogP contribution in [0.4, 0.5) is 11.5 Å². The Bertz CT molecular complexity index is 2560. The number of amides is 4. The molecular weight excluding hydrogens is 881 g/mol. The molecule has 0 bridgehead atoms. The zero-order valence-corrected chi connectivity index (χ0v) is 39.0. The summed E-state index contributed by atoms with van der Waals surface area (Å²) >= 11 is 0. The van der Waals surface area contributed by atoms with E-state index in [0.717, 1.165) is 97.0 Å². The second-order valence-corrected chi connectivity index (χ2v) is 17.9. The molecule has 4 aliphatic rings. The lowest BCUT2D eigenvalue weighted by atomic mass is 9.89. The lowest BCUT2D eigenvalue weighted by molar-refractivity contribution is -0.126. The Hall–Kier alpha value is -6.44. The van der Waals surface area contributed by atoms with Crippen LogP contribution in [0.5, 0.6) is 11.5 Å². The van der Waals surface area contributed by atoms with E-state index in [2.05, 4.69) is 53.6 Å². The Morgan fingerprint density at radius 2 is 1.45 bits per heavy atom. The summed E-state index contributed by atoms with van der Waals surface area (Å²) in [5.74, 6) is 0.414. The predicted molar refractivity (Wildman–Crippen MR) is 260 cm³/mol. The summed E-state index contributed by atoms with van der Waals surface area (Å²) in [6.45, 7) is 8.57. The number of carbonyl (C=O) groups is 4. The van der Waals surface area contributed by atoms with Crippen molar-refractivity contribution < 1.29 is 38.1 Å². The molecule has 364 valence electrons. The van der Waals surface area contributed by atoms with E-state index in [9.17, 15) is 19.2 Å². The minimum Gasteiger partial charge on any atom is -0.457 e. The minimum atomic E-state index is -0.833. The minimum absolute atomic E-state index is 0.101. The number of aromatic nitrogens is 3. The first-order valence-electron chi connectivity index (χ1n) is 24.3. The summed E-state index contributed by atoms with van der Waals surface area (Å²) in [4.78, 5) is 66.5. The van der Waals surface area contributed by atoms with Gasteiger partial charge in [-0.25, -0.2) is 9.97 Å². The van der Waals surface area contributed by atoms with Gasteiger partial charge in [-0.3, -0.25) is 33.9 Å². The van der Waals surface area contributed by atoms with Crippen molar-refractivity contribution in [2.75, 3.05) is 103 Å². The maximum atomic E-state index is 13.3. The Morgan fingerprint density at radius 3 is 2.20 bits per heavy atom. The van der Waals surface area contributed by atoms with Crippen molar-refractivity contribution in [2.45, 2.75) is 56.7 Å². The Labute approximate surface area is 401 Å². The lowest BCUT2D eigenvalue weighted by Gasteiger charge is -2.42. The molecule has 0 spiro atoms. The standard InChI is InChI=1S/C51H62N10O8/c52-47-46-41(35-11-17-39(18-12-35)69-38-6-2-1-3-7-38)33-60(48(46)57-34-56-47)37-15-13-36(14-16-37)59-23-21-58(22-24-59)25-27-67-29-31-68-30-28-66-26-20-53-44(62)32-55-42-9-4-8-40-45(42)51(65)61(50(40)64)43-10-5-19-54-49(43)63/h1-4,6-9,11-12,17-18,33-34,36-37,43,55H,5,10,13-16,19-32H2,(H,53,62)(H,54,63)(H2,52,56,57). The lowest BCUT2D eigenvalue weighted by Crippen LogP contribution is -2.52. The molecule has 5 N–H and O–H groups in total. The van der Waals surface area contributed by atoms with Crippen LogP contribution in [0.15, 0.2) is 85.3 Å². The number of benzene rings is 3. The summed E-state index contributed by atoms with van der Waals surface area (Å²) < 4.78 is 25.5. The zero-order valence-electron chi connectivity index (χ0n) is 39.0. The second kappa shape index (κ2) is 22.8. The maximum absolute atomic E-state index is 13.3. The molecule has 3 aromatic carbocycles. The quantitative estimate of drug-likeness (QED) is 0.0580. The van der Waals surface area contributed by atoms with E-state index in [1.54, 1.807) is 24.5 Å². The molecule has 5 aromatic rings. The van der Waals surface area contributed by atoms with Gasteiger partial charge in [0.15, 0.2) is 0 Å². The molecule has 3 fully saturated rings. The van der Waals surface area contributed by atoms with Crippen molar-refractivity contribution in [1.82, 2.24) is 39.9 Å². The van der Waals surface area contributed by atoms with Crippen molar-refractivity contribution in [1.29, 1.82) is 0 Å². The topological polar surface area (TPSA) is 208 Å². The average molecular weight is 943 g/mol. The number of anilines is 2. The van der Waals surface area contributed by atoms with Gasteiger partial charge < -0.3 is 45.2 Å². The first-order valence-corrected chi connectivity index (χ1v) is 24.3. The van der Waals surface area contributed by atoms with Gasteiger partial charge in [-0.15, -0.1) is 0 Å². The number of fused-ring (bicyclic) bond motifs is 2. The Morgan fingerprint density at radius 1 is 0.739 bits per heavy atom. The average Bonchev–Trinajstić information content (AvgIpc) is 3.89. The van der Waals surface area contributed by atoms with E-state index in [1.165, 1.54) is 0 Å². The molecule has 5 heterocycles. The third-order valence-electron chi connectivity index (χ3n) is 13.6. The summed E-state index contributed by atoms with van der Waals surface area (Å²) in [6, 6.07) is 22.9. The van der Waals surface area contributed by atoms with Crippen LogP contribution in [0.3, 0.4) is 0 Å². The smallest absolute Gasteiger partial charge is 0.264 e. The number of piperidine rings is 1. The van der Waals surface area contributed by atoms with Gasteiger partial charge in [0.2, 0.25) is 11.8 Å². The van der Waals surface area contributed by atoms with Crippen LogP contribution in [0, 0.1) is 0 Å². The predicted octanol–water partition coefficient (Wildman–Crippen LogP) is 4.73. The molecule has 1 atom stereocenters. The highest BCUT2D eigenvalue weighted by molar-refractivity contribution is 6.25. The molecule has 69 heavy (non-hydrogen) atoms. The number of nitrogen functional groups attached to an aromatic ring is 1. The van der Waals surface area contributed by atoms with Crippen LogP contribution in [-0.4, -0.2) is 157 Å². The van der Waals surface area contributed by atoms with E-state index >= 15 is 0 Å². The van der Waals surface area contributed by atoms with Crippen LogP contribution in [0.2, 0.25) is 0 Å². The molecule has 1 aliphatic carbocycles. The first-order chi connectivity index (χ1) is 33.8. The van der Waals surface area contributed by atoms with E-state index in [1.807, 2.05) is 42.5 Å². The molecule has 2 aromatic heterocycles. The highest BCUT2D eigenvalue weighted by Crippen LogP contribution is 2.40. The van der Waals surface area contributed by atoms with E-state index in [4.69, 9.17) is 29.7 Å². The van der Waals surface area contributed by atoms with Gasteiger partial charge in [-0.05, 0) is 80.5 Å². The number of nitrogens with one attached hydrogen (secondary N) is 3. The molecule has 3 aliphatic heterocycles. The summed E-state index contributed by atoms with van der Waals surface area (Å²) in [6.07, 6.45) is 9.35. The summed E-state index contributed by atoms with van der Waals surface area (Å²) in [5.41, 5.74) is 10.2. The highest BCUT2D eigenvalue weighted by Gasteiger charge is 2.44. The monoisotopic (exact) mass is 942 g/mol. The number of nitrogens with two attached hydrogens (primary N) is 1. The van der Waals surface area contributed by atoms with Gasteiger partial charge in [0.25, 0.3) is 11.8 Å². The molecule has 9 rings (SSSR count). The van der Waals surface area contributed by atoms with Crippen molar-refractivity contribution in [3.05, 3.63) is 96.4 Å². The van der Waals surface area contributed by atoms with Crippen molar-refractivity contribution in [2.24, 2.45) is 0 Å². The number of ether oxygens (including phenoxy) is 4. The van der Waals surface area contributed by atoms with Crippen molar-refractivity contribution >= 4 is 46.2 Å². The largest absolute Gasteiger partial charge is 0.457 e. The van der Waals surface area contributed by atoms with Gasteiger partial charge in [0.1, 0.15) is 35.3 Å². The number of hydrogen-bond donors (Lipinski definition) is 4. The first kappa shape index (κ1) is 47.6. The number of carbonyl (C=O) groups excluding carboxylic acids is 4. The fourth-order valence-corrected chi connectivity index (χ4v) is 9.96. The SMILES string of the molecule is Nc1ncnc2c1c(-c1ccc(Oc3ccccc3)cc1)cn2C1CCC(N2CCN(CCOCCOCCOCCNC(=O)CNc3cccc4c3C(=O)N(C3CCCNC3=O)C4=O)CC2)CC1. The van der Waals surface area contributed by atoms with Crippen LogP contribution >= 0.6 is 0 Å². The second-order valence-electron chi connectivity index (χ2n) is 17.9. The van der Waals surface area contributed by atoms with Crippen LogP contribution < -0.4 is 26.4 Å². The molecule has 2 saturated heterocycles. The molecular formula is C51H62N10O8. The zero-order chi connectivity index (χ0) is 47.5. The van der Waals surface area contributed by atoms with Gasteiger partial charge in [0, 0.05) is 75.3 Å². The number of imide groups is 1. The molecule has 1 unspecified atom stereocenters. The van der Waals surface area contributed by atoms with E-state index in [-0.39, 0.29) is 29.5 Å². The number of nitrogens with zero attached hydrogens (tertiary/aromatic N) is 6. The number of hydrogen-bond acceptors (Lipinski definition) is 14. The van der Waals surface area contributed by atoms with Gasteiger partial charge in [0.05, 0.1) is 62.7 Å². The van der Waals surface area contributed by atoms with E-state index in [0.29, 0.717) is 89.2 Å². The number of rotatable bonds is 21. The van der Waals surface area contributed by atoms with Gasteiger partial charge >= 0.3 is 0 Å². The third kappa shape index (κ3) is 11.4. The van der Waals surface area contributed by atoms with Crippen LogP contribution in [0.25, 0.3) is 22.2 Å². The molecule has 18 heteroatoms. The van der Waals surface area contributed by atoms with Crippen LogP contribution in [-0.2, 0) is 23.8 Å². The fraction of sp³-hybridized carbons (Fsp3) is 0.451. The Kier molecular flexibility index (Phi) is 15.7. The highest BCUT2D eigenvalue weighted by atomic mass is 16.5. The van der Waals surface area contributed by atoms with Crippen LogP contribution in [0.1, 0.15) is 65.3 Å². The van der Waals surface area contributed by atoms with Crippen molar-refractivity contribution in [3.8, 4) is 22.6 Å². The summed E-state index contributed by atoms with van der Waals surface area (Å²) in [5, 5.41) is 9.38. The molecule has 1 saturated carbocycles. The van der Waals surface area contributed by atoms with Gasteiger partial charge in [-0.2, -0.15) is 0 Å². The maximum Gasteiger partial charge on any atom is 0.264 e. The van der Waals surface area contributed by atoms with Crippen molar-refractivity contribution in [3.63, 3.8) is 0 Å². The molecule has 18 nitrogen and oxygen atoms in total.